The normalized spacial score (nSPS) is 24.2. The van der Waals surface area contributed by atoms with E-state index in [1.54, 1.807) is 0 Å². The molecule has 0 heterocycles. The summed E-state index contributed by atoms with van der Waals surface area (Å²) in [6.45, 7) is 5.90. The lowest BCUT2D eigenvalue weighted by molar-refractivity contribution is -0.126. The lowest BCUT2D eigenvalue weighted by atomic mass is 9.94. The van der Waals surface area contributed by atoms with Crippen molar-refractivity contribution in [2.45, 2.75) is 52.6 Å². The van der Waals surface area contributed by atoms with E-state index < -0.39 is 17.8 Å². The molecule has 102 valence electrons. The van der Waals surface area contributed by atoms with Crippen molar-refractivity contribution < 1.29 is 19.8 Å². The zero-order chi connectivity index (χ0) is 13.9. The second kappa shape index (κ2) is 6.14. The highest BCUT2D eigenvalue weighted by Gasteiger charge is 2.43. The first-order valence-electron chi connectivity index (χ1n) is 6.58. The summed E-state index contributed by atoms with van der Waals surface area (Å²) in [6.07, 6.45) is 0.928. The molecule has 0 spiro atoms. The van der Waals surface area contributed by atoms with Crippen LogP contribution in [0.3, 0.4) is 0 Å². The molecule has 0 aromatic carbocycles. The molecule has 0 saturated carbocycles. The molecule has 1 rings (SSSR count). The van der Waals surface area contributed by atoms with E-state index in [0.717, 1.165) is 6.42 Å². The molecule has 2 unspecified atom stereocenters. The molecule has 0 aromatic rings. The van der Waals surface area contributed by atoms with E-state index in [0.29, 0.717) is 18.8 Å². The molecule has 0 aromatic heterocycles. The number of hydrogen-bond donors (Lipinski definition) is 2. The highest BCUT2D eigenvalue weighted by atomic mass is 16.3. The maximum atomic E-state index is 11.8. The Morgan fingerprint density at radius 3 is 2.50 bits per heavy atom. The minimum absolute atomic E-state index is 0.168. The molecule has 4 nitrogen and oxygen atoms in total. The summed E-state index contributed by atoms with van der Waals surface area (Å²) < 4.78 is 0. The van der Waals surface area contributed by atoms with Crippen LogP contribution in [0.1, 0.15) is 46.5 Å². The monoisotopic (exact) mass is 254 g/mol. The van der Waals surface area contributed by atoms with Crippen molar-refractivity contribution in [3.8, 4) is 0 Å². The average molecular weight is 254 g/mol. The molecule has 1 aliphatic carbocycles. The van der Waals surface area contributed by atoms with E-state index in [-0.39, 0.29) is 23.5 Å². The van der Waals surface area contributed by atoms with Gasteiger partial charge in [0.05, 0.1) is 5.92 Å². The second-order valence-electron chi connectivity index (χ2n) is 5.32. The van der Waals surface area contributed by atoms with Crippen molar-refractivity contribution in [3.05, 3.63) is 11.3 Å². The molecule has 4 heteroatoms. The number of Topliss-reactive ketones (excluding diaryl/α,β-unsaturated/α-hetero) is 2. The molecule has 0 amide bonds. The van der Waals surface area contributed by atoms with Gasteiger partial charge >= 0.3 is 0 Å². The number of aliphatic hydroxyl groups is 2. The topological polar surface area (TPSA) is 74.6 Å². The van der Waals surface area contributed by atoms with Crippen LogP contribution in [0.5, 0.6) is 0 Å². The first-order chi connectivity index (χ1) is 8.40. The molecule has 2 N–H and O–H groups in total. The summed E-state index contributed by atoms with van der Waals surface area (Å²) in [5, 5.41) is 19.8. The number of rotatable bonds is 6. The smallest absolute Gasteiger partial charge is 0.198 e. The van der Waals surface area contributed by atoms with Gasteiger partial charge in [-0.15, -0.1) is 0 Å². The molecular formula is C14H22O4. The largest absolute Gasteiger partial charge is 0.511 e. The Hall–Kier alpha value is -1.16. The van der Waals surface area contributed by atoms with E-state index in [1.165, 1.54) is 0 Å². The molecule has 0 bridgehead atoms. The standard InChI is InChI=1S/C14H22O4/c1-4-5-10(15)11-12(16)9(7-6-8(2)3)13(17)14(11)18/h8-9,13,16-17H,4-7H2,1-3H3. The Morgan fingerprint density at radius 1 is 1.39 bits per heavy atom. The second-order valence-corrected chi connectivity index (χ2v) is 5.32. The Balaban J connectivity index is 2.87. The number of aliphatic hydroxyl groups excluding tert-OH is 2. The summed E-state index contributed by atoms with van der Waals surface area (Å²) in [6, 6.07) is 0. The van der Waals surface area contributed by atoms with E-state index in [9.17, 15) is 19.8 Å². The molecule has 1 aliphatic rings. The Morgan fingerprint density at radius 2 is 2.00 bits per heavy atom. The van der Waals surface area contributed by atoms with Crippen molar-refractivity contribution in [2.75, 3.05) is 0 Å². The fourth-order valence-electron chi connectivity index (χ4n) is 2.23. The first-order valence-corrected chi connectivity index (χ1v) is 6.58. The van der Waals surface area contributed by atoms with Crippen molar-refractivity contribution >= 4 is 11.6 Å². The summed E-state index contributed by atoms with van der Waals surface area (Å²) in [5.74, 6) is -1.34. The van der Waals surface area contributed by atoms with Crippen LogP contribution < -0.4 is 0 Å². The molecule has 18 heavy (non-hydrogen) atoms. The predicted octanol–water partition coefficient (Wildman–Crippen LogP) is 2.16. The third kappa shape index (κ3) is 2.99. The van der Waals surface area contributed by atoms with Gasteiger partial charge in [-0.25, -0.2) is 0 Å². The van der Waals surface area contributed by atoms with Gasteiger partial charge in [0.15, 0.2) is 11.6 Å². The average Bonchev–Trinajstić information content (AvgIpc) is 2.48. The quantitative estimate of drug-likeness (QED) is 0.712. The van der Waals surface area contributed by atoms with Crippen LogP contribution in [-0.4, -0.2) is 27.9 Å². The van der Waals surface area contributed by atoms with Crippen molar-refractivity contribution in [1.82, 2.24) is 0 Å². The summed E-state index contributed by atoms with van der Waals surface area (Å²) >= 11 is 0. The van der Waals surface area contributed by atoms with Crippen molar-refractivity contribution in [2.24, 2.45) is 11.8 Å². The third-order valence-electron chi connectivity index (χ3n) is 3.31. The van der Waals surface area contributed by atoms with Crippen LogP contribution in [0.2, 0.25) is 0 Å². The van der Waals surface area contributed by atoms with Gasteiger partial charge in [-0.05, 0) is 18.8 Å². The van der Waals surface area contributed by atoms with Crippen LogP contribution in [0, 0.1) is 11.8 Å². The predicted molar refractivity (Wildman–Crippen MR) is 68.1 cm³/mol. The van der Waals surface area contributed by atoms with Gasteiger partial charge < -0.3 is 10.2 Å². The van der Waals surface area contributed by atoms with Crippen LogP contribution in [0.15, 0.2) is 11.3 Å². The van der Waals surface area contributed by atoms with Gasteiger partial charge in [0.25, 0.3) is 0 Å². The Labute approximate surface area is 108 Å². The lowest BCUT2D eigenvalue weighted by Gasteiger charge is -2.15. The SMILES string of the molecule is CCCC(=O)C1=C(O)C(CCC(C)C)C(O)C1=O. The molecule has 0 aliphatic heterocycles. The van der Waals surface area contributed by atoms with E-state index in [2.05, 4.69) is 0 Å². The molecule has 2 atom stereocenters. The van der Waals surface area contributed by atoms with Crippen LogP contribution in [0.4, 0.5) is 0 Å². The van der Waals surface area contributed by atoms with E-state index >= 15 is 0 Å². The fraction of sp³-hybridized carbons (Fsp3) is 0.714. The highest BCUT2D eigenvalue weighted by molar-refractivity contribution is 6.23. The zero-order valence-electron chi connectivity index (χ0n) is 11.3. The molecule has 0 saturated heterocycles. The Bertz CT molecular complexity index is 368. The number of hydrogen-bond acceptors (Lipinski definition) is 4. The minimum atomic E-state index is -1.25. The van der Waals surface area contributed by atoms with E-state index in [4.69, 9.17) is 0 Å². The fourth-order valence-corrected chi connectivity index (χ4v) is 2.23. The van der Waals surface area contributed by atoms with Gasteiger partial charge in [0, 0.05) is 6.42 Å². The van der Waals surface area contributed by atoms with E-state index in [1.807, 2.05) is 20.8 Å². The lowest BCUT2D eigenvalue weighted by Crippen LogP contribution is -2.25. The van der Waals surface area contributed by atoms with Gasteiger partial charge in [0.1, 0.15) is 17.4 Å². The highest BCUT2D eigenvalue weighted by Crippen LogP contribution is 2.33. The van der Waals surface area contributed by atoms with Crippen LogP contribution in [-0.2, 0) is 9.59 Å². The third-order valence-corrected chi connectivity index (χ3v) is 3.31. The van der Waals surface area contributed by atoms with Crippen molar-refractivity contribution in [1.29, 1.82) is 0 Å². The maximum absolute atomic E-state index is 11.8. The number of ketones is 2. The van der Waals surface area contributed by atoms with Gasteiger partial charge in [-0.3, -0.25) is 9.59 Å². The number of carbonyl (C=O) groups excluding carboxylic acids is 2. The summed E-state index contributed by atoms with van der Waals surface area (Å²) in [7, 11) is 0. The van der Waals surface area contributed by atoms with Gasteiger partial charge in [-0.1, -0.05) is 27.2 Å². The minimum Gasteiger partial charge on any atom is -0.511 e. The number of carbonyl (C=O) groups is 2. The Kier molecular flexibility index (Phi) is 5.08. The molecule has 0 fully saturated rings. The van der Waals surface area contributed by atoms with Crippen LogP contribution in [0.25, 0.3) is 0 Å². The first kappa shape index (κ1) is 14.9. The zero-order valence-corrected chi connectivity index (χ0v) is 11.3. The summed E-state index contributed by atoms with van der Waals surface area (Å²) in [4.78, 5) is 23.5. The van der Waals surface area contributed by atoms with Gasteiger partial charge in [0.2, 0.25) is 0 Å². The van der Waals surface area contributed by atoms with Crippen molar-refractivity contribution in [3.63, 3.8) is 0 Å². The van der Waals surface area contributed by atoms with Gasteiger partial charge in [-0.2, -0.15) is 0 Å². The maximum Gasteiger partial charge on any atom is 0.198 e. The molecular weight excluding hydrogens is 232 g/mol. The van der Waals surface area contributed by atoms with Crippen LogP contribution >= 0.6 is 0 Å². The summed E-state index contributed by atoms with van der Waals surface area (Å²) in [5.41, 5.74) is -0.168. The molecule has 0 radical (unpaired) electrons.